The zero-order valence-electron chi connectivity index (χ0n) is 9.75. The van der Waals surface area contributed by atoms with Crippen LogP contribution in [0.25, 0.3) is 0 Å². The molecule has 0 aromatic heterocycles. The first-order valence-electron chi connectivity index (χ1n) is 5.75. The first-order chi connectivity index (χ1) is 6.79. The highest BCUT2D eigenvalue weighted by Gasteiger charge is 2.27. The minimum Gasteiger partial charge on any atom is -0.383 e. The van der Waals surface area contributed by atoms with E-state index >= 15 is 0 Å². The fourth-order valence-corrected chi connectivity index (χ4v) is 2.31. The van der Waals surface area contributed by atoms with Gasteiger partial charge in [0.15, 0.2) is 0 Å². The molecule has 0 bridgehead atoms. The second kappa shape index (κ2) is 6.38. The first kappa shape index (κ1) is 12.0. The summed E-state index contributed by atoms with van der Waals surface area (Å²) in [4.78, 5) is 2.58. The van der Waals surface area contributed by atoms with Gasteiger partial charge in [-0.05, 0) is 32.9 Å². The summed E-state index contributed by atoms with van der Waals surface area (Å²) >= 11 is 0. The van der Waals surface area contributed by atoms with Crippen molar-refractivity contribution in [2.75, 3.05) is 33.4 Å². The maximum Gasteiger partial charge on any atom is 0.0615 e. The van der Waals surface area contributed by atoms with Gasteiger partial charge < -0.3 is 10.1 Å². The number of nitrogens with one attached hydrogen (secondary N) is 1. The molecule has 0 spiro atoms. The highest BCUT2D eigenvalue weighted by Crippen LogP contribution is 2.19. The van der Waals surface area contributed by atoms with E-state index in [1.807, 2.05) is 0 Å². The molecule has 14 heavy (non-hydrogen) atoms. The van der Waals surface area contributed by atoms with E-state index in [1.54, 1.807) is 7.11 Å². The molecular weight excluding hydrogens is 176 g/mol. The molecule has 1 heterocycles. The Labute approximate surface area is 87.8 Å². The molecule has 0 aromatic carbocycles. The highest BCUT2D eigenvalue weighted by molar-refractivity contribution is 4.84. The quantitative estimate of drug-likeness (QED) is 0.695. The molecule has 84 valence electrons. The zero-order valence-corrected chi connectivity index (χ0v) is 9.75. The third-order valence-corrected chi connectivity index (χ3v) is 3.03. The van der Waals surface area contributed by atoms with E-state index in [0.29, 0.717) is 6.04 Å². The fourth-order valence-electron chi connectivity index (χ4n) is 2.31. The SMILES string of the molecule is CCNCC1CCCN1C(C)COC. The number of rotatable bonds is 6. The molecule has 1 aliphatic rings. The van der Waals surface area contributed by atoms with E-state index < -0.39 is 0 Å². The molecule has 2 atom stereocenters. The van der Waals surface area contributed by atoms with E-state index in [9.17, 15) is 0 Å². The van der Waals surface area contributed by atoms with Crippen LogP contribution in [-0.2, 0) is 4.74 Å². The van der Waals surface area contributed by atoms with Gasteiger partial charge in [0.25, 0.3) is 0 Å². The lowest BCUT2D eigenvalue weighted by atomic mass is 10.2. The maximum absolute atomic E-state index is 5.21. The van der Waals surface area contributed by atoms with Crippen molar-refractivity contribution in [1.29, 1.82) is 0 Å². The summed E-state index contributed by atoms with van der Waals surface area (Å²) in [5.41, 5.74) is 0. The second-order valence-corrected chi connectivity index (χ2v) is 4.15. The van der Waals surface area contributed by atoms with Crippen LogP contribution in [0.4, 0.5) is 0 Å². The van der Waals surface area contributed by atoms with Crippen molar-refractivity contribution in [2.24, 2.45) is 0 Å². The summed E-state index contributed by atoms with van der Waals surface area (Å²) in [5.74, 6) is 0. The lowest BCUT2D eigenvalue weighted by molar-refractivity contribution is 0.0911. The van der Waals surface area contributed by atoms with Crippen LogP contribution < -0.4 is 5.32 Å². The third-order valence-electron chi connectivity index (χ3n) is 3.03. The first-order valence-corrected chi connectivity index (χ1v) is 5.75. The van der Waals surface area contributed by atoms with Crippen LogP contribution in [0.15, 0.2) is 0 Å². The van der Waals surface area contributed by atoms with Crippen LogP contribution in [-0.4, -0.2) is 50.3 Å². The number of hydrogen-bond donors (Lipinski definition) is 1. The molecule has 0 aromatic rings. The van der Waals surface area contributed by atoms with Gasteiger partial charge in [0.1, 0.15) is 0 Å². The Bertz CT molecular complexity index is 152. The van der Waals surface area contributed by atoms with Crippen LogP contribution in [0.3, 0.4) is 0 Å². The van der Waals surface area contributed by atoms with Gasteiger partial charge in [-0.3, -0.25) is 4.90 Å². The van der Waals surface area contributed by atoms with Crippen molar-refractivity contribution in [3.8, 4) is 0 Å². The van der Waals surface area contributed by atoms with Crippen LogP contribution >= 0.6 is 0 Å². The molecular formula is C11H24N2O. The van der Waals surface area contributed by atoms with Crippen LogP contribution in [0.1, 0.15) is 26.7 Å². The standard InChI is InChI=1S/C11H24N2O/c1-4-12-8-11-6-5-7-13(11)10(2)9-14-3/h10-12H,4-9H2,1-3H3. The maximum atomic E-state index is 5.21. The van der Waals surface area contributed by atoms with Gasteiger partial charge in [-0.25, -0.2) is 0 Å². The Morgan fingerprint density at radius 3 is 3.00 bits per heavy atom. The minimum atomic E-state index is 0.561. The number of nitrogens with zero attached hydrogens (tertiary/aromatic N) is 1. The molecule has 1 fully saturated rings. The van der Waals surface area contributed by atoms with Gasteiger partial charge in [0, 0.05) is 25.7 Å². The third kappa shape index (κ3) is 3.23. The van der Waals surface area contributed by atoms with Crippen molar-refractivity contribution >= 4 is 0 Å². The van der Waals surface area contributed by atoms with Gasteiger partial charge in [-0.1, -0.05) is 6.92 Å². The van der Waals surface area contributed by atoms with Crippen LogP contribution in [0.2, 0.25) is 0 Å². The molecule has 1 rings (SSSR count). The molecule has 3 heteroatoms. The van der Waals surface area contributed by atoms with Gasteiger partial charge in [0.05, 0.1) is 6.61 Å². The van der Waals surface area contributed by atoms with Crippen molar-refractivity contribution in [2.45, 2.75) is 38.8 Å². The Hall–Kier alpha value is -0.120. The van der Waals surface area contributed by atoms with Gasteiger partial charge in [0.2, 0.25) is 0 Å². The molecule has 1 saturated heterocycles. The predicted octanol–water partition coefficient (Wildman–Crippen LogP) is 1.10. The summed E-state index contributed by atoms with van der Waals surface area (Å²) in [6.07, 6.45) is 2.67. The molecule has 1 aliphatic heterocycles. The summed E-state index contributed by atoms with van der Waals surface area (Å²) in [6, 6.07) is 1.28. The van der Waals surface area contributed by atoms with E-state index in [1.165, 1.54) is 19.4 Å². The molecule has 0 radical (unpaired) electrons. The zero-order chi connectivity index (χ0) is 10.4. The van der Waals surface area contributed by atoms with Gasteiger partial charge in [-0.15, -0.1) is 0 Å². The van der Waals surface area contributed by atoms with Crippen molar-refractivity contribution in [3.05, 3.63) is 0 Å². The monoisotopic (exact) mass is 200 g/mol. The topological polar surface area (TPSA) is 24.5 Å². The number of likely N-dealkylation sites (tertiary alicyclic amines) is 1. The van der Waals surface area contributed by atoms with E-state index in [4.69, 9.17) is 4.74 Å². The molecule has 3 nitrogen and oxygen atoms in total. The van der Waals surface area contributed by atoms with Crippen LogP contribution in [0.5, 0.6) is 0 Å². The summed E-state index contributed by atoms with van der Waals surface area (Å²) in [7, 11) is 1.78. The second-order valence-electron chi connectivity index (χ2n) is 4.15. The number of methoxy groups -OCH3 is 1. The highest BCUT2D eigenvalue weighted by atomic mass is 16.5. The minimum absolute atomic E-state index is 0.561. The average Bonchev–Trinajstić information content (AvgIpc) is 2.63. The summed E-state index contributed by atoms with van der Waals surface area (Å²) in [5, 5.41) is 3.43. The Balaban J connectivity index is 2.33. The van der Waals surface area contributed by atoms with Gasteiger partial charge >= 0.3 is 0 Å². The van der Waals surface area contributed by atoms with Crippen molar-refractivity contribution < 1.29 is 4.74 Å². The molecule has 0 saturated carbocycles. The molecule has 1 N–H and O–H groups in total. The van der Waals surface area contributed by atoms with E-state index in [0.717, 1.165) is 25.7 Å². The van der Waals surface area contributed by atoms with E-state index in [2.05, 4.69) is 24.1 Å². The smallest absolute Gasteiger partial charge is 0.0615 e. The lowest BCUT2D eigenvalue weighted by Crippen LogP contribution is -2.44. The molecule has 0 aliphatic carbocycles. The fraction of sp³-hybridized carbons (Fsp3) is 1.00. The predicted molar refractivity (Wildman–Crippen MR) is 59.6 cm³/mol. The van der Waals surface area contributed by atoms with Crippen molar-refractivity contribution in [1.82, 2.24) is 10.2 Å². The number of ether oxygens (including phenoxy) is 1. The Kier molecular flexibility index (Phi) is 5.45. The molecule has 2 unspecified atom stereocenters. The largest absolute Gasteiger partial charge is 0.383 e. The van der Waals surface area contributed by atoms with Crippen molar-refractivity contribution in [3.63, 3.8) is 0 Å². The van der Waals surface area contributed by atoms with Gasteiger partial charge in [-0.2, -0.15) is 0 Å². The lowest BCUT2D eigenvalue weighted by Gasteiger charge is -2.30. The average molecular weight is 200 g/mol. The summed E-state index contributed by atoms with van der Waals surface area (Å²) in [6.45, 7) is 8.71. The Morgan fingerprint density at radius 1 is 1.57 bits per heavy atom. The number of likely N-dealkylation sites (N-methyl/N-ethyl adjacent to an activating group) is 1. The summed E-state index contributed by atoms with van der Waals surface area (Å²) < 4.78 is 5.21. The normalized spacial score (nSPS) is 25.5. The Morgan fingerprint density at radius 2 is 2.36 bits per heavy atom. The molecule has 0 amide bonds. The number of hydrogen-bond acceptors (Lipinski definition) is 3. The van der Waals surface area contributed by atoms with E-state index in [-0.39, 0.29) is 0 Å². The van der Waals surface area contributed by atoms with Crippen LogP contribution in [0, 0.1) is 0 Å².